The zero-order valence-electron chi connectivity index (χ0n) is 14.9. The molecule has 2 aliphatic rings. The van der Waals surface area contributed by atoms with E-state index in [-0.39, 0.29) is 23.9 Å². The first-order valence-electron chi connectivity index (χ1n) is 8.54. The molecule has 0 radical (unpaired) electrons. The van der Waals surface area contributed by atoms with Gasteiger partial charge >= 0.3 is 6.03 Å². The van der Waals surface area contributed by atoms with Gasteiger partial charge in [0.15, 0.2) is 0 Å². The third kappa shape index (κ3) is 3.45. The fourth-order valence-corrected chi connectivity index (χ4v) is 3.47. The molecule has 1 unspecified atom stereocenters. The lowest BCUT2D eigenvalue weighted by atomic mass is 10.1. The monoisotopic (exact) mass is 344 g/mol. The van der Waals surface area contributed by atoms with Crippen molar-refractivity contribution in [3.8, 4) is 0 Å². The molecule has 0 aromatic heterocycles. The van der Waals surface area contributed by atoms with Crippen molar-refractivity contribution in [2.75, 3.05) is 39.0 Å². The van der Waals surface area contributed by atoms with Crippen molar-refractivity contribution >= 4 is 23.5 Å². The molecule has 1 aromatic rings. The van der Waals surface area contributed by atoms with Gasteiger partial charge in [-0.1, -0.05) is 0 Å². The van der Waals surface area contributed by atoms with Crippen LogP contribution in [0.3, 0.4) is 0 Å². The van der Waals surface area contributed by atoms with Crippen molar-refractivity contribution in [2.24, 2.45) is 0 Å². The maximum absolute atomic E-state index is 12.5. The molecular formula is C18H24N4O3. The van der Waals surface area contributed by atoms with Crippen LogP contribution in [-0.2, 0) is 4.79 Å². The quantitative estimate of drug-likeness (QED) is 0.884. The van der Waals surface area contributed by atoms with Gasteiger partial charge in [-0.3, -0.25) is 9.59 Å². The highest BCUT2D eigenvalue weighted by Crippen LogP contribution is 2.23. The number of urea groups is 1. The van der Waals surface area contributed by atoms with Crippen molar-refractivity contribution in [3.05, 3.63) is 29.3 Å². The maximum atomic E-state index is 12.5. The average Bonchev–Trinajstić information content (AvgIpc) is 2.95. The molecular weight excluding hydrogens is 320 g/mol. The topological polar surface area (TPSA) is 73.0 Å². The summed E-state index contributed by atoms with van der Waals surface area (Å²) in [4.78, 5) is 41.5. The minimum atomic E-state index is -0.162. The molecule has 4 amide bonds. The number of carbonyl (C=O) groups is 3. The van der Waals surface area contributed by atoms with Crippen LogP contribution in [0.2, 0.25) is 0 Å². The van der Waals surface area contributed by atoms with Crippen molar-refractivity contribution in [2.45, 2.75) is 25.8 Å². The van der Waals surface area contributed by atoms with Crippen molar-refractivity contribution < 1.29 is 14.4 Å². The maximum Gasteiger partial charge on any atom is 0.321 e. The first-order valence-corrected chi connectivity index (χ1v) is 8.54. The highest BCUT2D eigenvalue weighted by Gasteiger charge is 2.36. The molecule has 25 heavy (non-hydrogen) atoms. The van der Waals surface area contributed by atoms with E-state index in [9.17, 15) is 14.4 Å². The van der Waals surface area contributed by atoms with Gasteiger partial charge in [-0.15, -0.1) is 0 Å². The van der Waals surface area contributed by atoms with Gasteiger partial charge < -0.3 is 20.0 Å². The molecule has 0 spiro atoms. The Balaban J connectivity index is 1.64. The van der Waals surface area contributed by atoms with Gasteiger partial charge in [0.25, 0.3) is 5.91 Å². The summed E-state index contributed by atoms with van der Waals surface area (Å²) in [7, 11) is 3.43. The molecule has 2 saturated heterocycles. The highest BCUT2D eigenvalue weighted by molar-refractivity contribution is 5.96. The SMILES string of the molecule is Cc1cc(NC(=O)N2CCN3C(=O)CCC3C2)ccc1C(=O)N(C)C. The normalized spacial score (nSPS) is 19.6. The number of rotatable bonds is 2. The van der Waals surface area contributed by atoms with E-state index in [1.807, 2.05) is 17.9 Å². The Morgan fingerprint density at radius 1 is 1.24 bits per heavy atom. The Bertz CT molecular complexity index is 716. The van der Waals surface area contributed by atoms with Gasteiger partial charge in [-0.2, -0.15) is 0 Å². The molecule has 1 atom stereocenters. The molecule has 1 N–H and O–H groups in total. The summed E-state index contributed by atoms with van der Waals surface area (Å²) in [5.74, 6) is 0.138. The molecule has 2 heterocycles. The summed E-state index contributed by atoms with van der Waals surface area (Å²) in [5.41, 5.74) is 2.12. The molecule has 2 fully saturated rings. The molecule has 0 aliphatic carbocycles. The van der Waals surface area contributed by atoms with Crippen molar-refractivity contribution in [1.29, 1.82) is 0 Å². The number of anilines is 1. The van der Waals surface area contributed by atoms with Gasteiger partial charge in [0.2, 0.25) is 5.91 Å². The third-order valence-electron chi connectivity index (χ3n) is 4.90. The number of hydrogen-bond donors (Lipinski definition) is 1. The van der Waals surface area contributed by atoms with Gasteiger partial charge in [-0.05, 0) is 37.1 Å². The molecule has 1 aromatic carbocycles. The number of nitrogens with zero attached hydrogens (tertiary/aromatic N) is 3. The Morgan fingerprint density at radius 2 is 2.00 bits per heavy atom. The minimum Gasteiger partial charge on any atom is -0.345 e. The number of piperazine rings is 1. The molecule has 3 rings (SSSR count). The summed E-state index contributed by atoms with van der Waals surface area (Å²) in [5, 5.41) is 2.90. The second-order valence-electron chi connectivity index (χ2n) is 6.89. The number of aryl methyl sites for hydroxylation is 1. The first kappa shape index (κ1) is 17.3. The lowest BCUT2D eigenvalue weighted by Crippen LogP contribution is -2.54. The van der Waals surface area contributed by atoms with E-state index < -0.39 is 0 Å². The highest BCUT2D eigenvalue weighted by atomic mass is 16.2. The van der Waals surface area contributed by atoms with Crippen LogP contribution in [0.25, 0.3) is 0 Å². The molecule has 7 nitrogen and oxygen atoms in total. The fourth-order valence-electron chi connectivity index (χ4n) is 3.47. The Morgan fingerprint density at radius 3 is 2.68 bits per heavy atom. The number of carbonyl (C=O) groups excluding carboxylic acids is 3. The smallest absolute Gasteiger partial charge is 0.321 e. The van der Waals surface area contributed by atoms with Crippen LogP contribution in [-0.4, -0.2) is 72.3 Å². The molecule has 0 bridgehead atoms. The van der Waals surface area contributed by atoms with Crippen molar-refractivity contribution in [1.82, 2.24) is 14.7 Å². The zero-order chi connectivity index (χ0) is 18.1. The molecule has 2 aliphatic heterocycles. The predicted octanol–water partition coefficient (Wildman–Crippen LogP) is 1.54. The lowest BCUT2D eigenvalue weighted by Gasteiger charge is -2.37. The second kappa shape index (κ2) is 6.74. The average molecular weight is 344 g/mol. The number of amides is 4. The van der Waals surface area contributed by atoms with E-state index in [4.69, 9.17) is 0 Å². The van der Waals surface area contributed by atoms with Crippen LogP contribution in [0.15, 0.2) is 18.2 Å². The van der Waals surface area contributed by atoms with Gasteiger partial charge in [0, 0.05) is 57.4 Å². The van der Waals surface area contributed by atoms with E-state index in [0.29, 0.717) is 37.3 Å². The van der Waals surface area contributed by atoms with E-state index in [2.05, 4.69) is 5.32 Å². The third-order valence-corrected chi connectivity index (χ3v) is 4.90. The number of nitrogens with one attached hydrogen (secondary N) is 1. The van der Waals surface area contributed by atoms with Crippen molar-refractivity contribution in [3.63, 3.8) is 0 Å². The summed E-state index contributed by atoms with van der Waals surface area (Å²) in [6.07, 6.45) is 1.41. The Hall–Kier alpha value is -2.57. The molecule has 0 saturated carbocycles. The largest absolute Gasteiger partial charge is 0.345 e. The van der Waals surface area contributed by atoms with E-state index >= 15 is 0 Å². The van der Waals surface area contributed by atoms with Gasteiger partial charge in [0.05, 0.1) is 0 Å². The van der Waals surface area contributed by atoms with E-state index in [0.717, 1.165) is 12.0 Å². The van der Waals surface area contributed by atoms with Gasteiger partial charge in [0.1, 0.15) is 0 Å². The van der Waals surface area contributed by atoms with Crippen LogP contribution in [0.1, 0.15) is 28.8 Å². The lowest BCUT2D eigenvalue weighted by molar-refractivity contribution is -0.130. The number of fused-ring (bicyclic) bond motifs is 1. The summed E-state index contributed by atoms with van der Waals surface area (Å²) in [6.45, 7) is 3.58. The van der Waals surface area contributed by atoms with E-state index in [1.165, 1.54) is 4.90 Å². The van der Waals surface area contributed by atoms with E-state index in [1.54, 1.807) is 31.1 Å². The predicted molar refractivity (Wildman–Crippen MR) is 94.5 cm³/mol. The number of benzene rings is 1. The fraction of sp³-hybridized carbons (Fsp3) is 0.500. The second-order valence-corrected chi connectivity index (χ2v) is 6.89. The zero-order valence-corrected chi connectivity index (χ0v) is 14.9. The standard InChI is InChI=1S/C18H24N4O3/c1-12-10-13(4-6-15(12)17(24)20(2)3)19-18(25)21-8-9-22-14(11-21)5-7-16(22)23/h4,6,10,14H,5,7-9,11H2,1-3H3,(H,19,25). The Labute approximate surface area is 147 Å². The number of hydrogen-bond acceptors (Lipinski definition) is 3. The Kier molecular flexibility index (Phi) is 4.65. The summed E-state index contributed by atoms with van der Waals surface area (Å²) in [6, 6.07) is 5.28. The van der Waals surface area contributed by atoms with Gasteiger partial charge in [-0.25, -0.2) is 4.79 Å². The minimum absolute atomic E-state index is 0.0580. The van der Waals surface area contributed by atoms with Crippen LogP contribution in [0.4, 0.5) is 10.5 Å². The molecule has 7 heteroatoms. The summed E-state index contributed by atoms with van der Waals surface area (Å²) >= 11 is 0. The van der Waals surface area contributed by atoms with Crippen LogP contribution >= 0.6 is 0 Å². The van der Waals surface area contributed by atoms with Crippen LogP contribution in [0, 0.1) is 6.92 Å². The van der Waals surface area contributed by atoms with Crippen LogP contribution < -0.4 is 5.32 Å². The first-order chi connectivity index (χ1) is 11.9. The summed E-state index contributed by atoms with van der Waals surface area (Å²) < 4.78 is 0. The van der Waals surface area contributed by atoms with Crippen LogP contribution in [0.5, 0.6) is 0 Å². The molecule has 134 valence electrons.